The van der Waals surface area contributed by atoms with Crippen LogP contribution >= 0.6 is 0 Å². The molecule has 1 amide bonds. The van der Waals surface area contributed by atoms with Crippen LogP contribution in [-0.4, -0.2) is 41.9 Å². The fraction of sp³-hybridized carbons (Fsp3) is 0.391. The summed E-state index contributed by atoms with van der Waals surface area (Å²) in [4.78, 5) is 17.2. The Morgan fingerprint density at radius 3 is 2.59 bits per heavy atom. The van der Waals surface area contributed by atoms with Gasteiger partial charge in [0.25, 0.3) is 0 Å². The van der Waals surface area contributed by atoms with Crippen molar-refractivity contribution in [2.45, 2.75) is 31.7 Å². The molecular formula is C23H25N3O. The second-order valence-electron chi connectivity index (χ2n) is 7.56. The smallest absolute Gasteiger partial charge is 0.223 e. The van der Waals surface area contributed by atoms with Gasteiger partial charge in [-0.1, -0.05) is 42.5 Å². The molecule has 0 N–H and O–H groups in total. The molecular weight excluding hydrogens is 334 g/mol. The number of nitrogens with zero attached hydrogens (tertiary/aromatic N) is 3. The van der Waals surface area contributed by atoms with Crippen LogP contribution in [0.25, 0.3) is 0 Å². The van der Waals surface area contributed by atoms with Gasteiger partial charge in [0.1, 0.15) is 0 Å². The van der Waals surface area contributed by atoms with Gasteiger partial charge in [-0.15, -0.1) is 0 Å². The number of amides is 1. The Labute approximate surface area is 161 Å². The number of rotatable bonds is 4. The van der Waals surface area contributed by atoms with Crippen LogP contribution < -0.4 is 0 Å². The summed E-state index contributed by atoms with van der Waals surface area (Å²) in [6.07, 6.45) is 2.82. The fourth-order valence-electron chi connectivity index (χ4n) is 4.36. The van der Waals surface area contributed by atoms with Crippen molar-refractivity contribution in [1.29, 1.82) is 5.26 Å². The first-order chi connectivity index (χ1) is 13.2. The summed E-state index contributed by atoms with van der Waals surface area (Å²) in [6, 6.07) is 18.6. The maximum Gasteiger partial charge on any atom is 0.223 e. The quantitative estimate of drug-likeness (QED) is 0.841. The number of carbonyl (C=O) groups excluding carboxylic acids is 1. The third-order valence-electron chi connectivity index (χ3n) is 5.93. The van der Waals surface area contributed by atoms with Crippen LogP contribution in [0.5, 0.6) is 0 Å². The Bertz CT molecular complexity index is 862. The average molecular weight is 359 g/mol. The monoisotopic (exact) mass is 359 g/mol. The second-order valence-corrected chi connectivity index (χ2v) is 7.56. The maximum atomic E-state index is 12.8. The zero-order valence-corrected chi connectivity index (χ0v) is 15.6. The first-order valence-electron chi connectivity index (χ1n) is 9.80. The molecule has 1 aliphatic heterocycles. The van der Waals surface area contributed by atoms with E-state index >= 15 is 0 Å². The number of fused-ring (bicyclic) bond motifs is 1. The Kier molecular flexibility index (Phi) is 5.22. The van der Waals surface area contributed by atoms with Gasteiger partial charge in [0.05, 0.1) is 11.6 Å². The number of hydrogen-bond donors (Lipinski definition) is 0. The van der Waals surface area contributed by atoms with E-state index in [9.17, 15) is 10.1 Å². The van der Waals surface area contributed by atoms with Gasteiger partial charge < -0.3 is 4.90 Å². The molecule has 4 nitrogen and oxygen atoms in total. The van der Waals surface area contributed by atoms with Crippen molar-refractivity contribution in [2.75, 3.05) is 26.2 Å². The van der Waals surface area contributed by atoms with E-state index in [2.05, 4.69) is 35.2 Å². The third-order valence-corrected chi connectivity index (χ3v) is 5.93. The number of piperazine rings is 1. The highest BCUT2D eigenvalue weighted by Crippen LogP contribution is 2.35. The topological polar surface area (TPSA) is 47.3 Å². The predicted octanol–water partition coefficient (Wildman–Crippen LogP) is 3.32. The first kappa shape index (κ1) is 17.8. The fourth-order valence-corrected chi connectivity index (χ4v) is 4.36. The van der Waals surface area contributed by atoms with E-state index < -0.39 is 0 Å². The molecule has 1 heterocycles. The number of carbonyl (C=O) groups is 1. The van der Waals surface area contributed by atoms with Crippen LogP contribution in [0.4, 0.5) is 0 Å². The van der Waals surface area contributed by atoms with Crippen LogP contribution in [-0.2, 0) is 17.8 Å². The van der Waals surface area contributed by atoms with Gasteiger partial charge in [0.15, 0.2) is 0 Å². The van der Waals surface area contributed by atoms with E-state index in [1.807, 2.05) is 29.2 Å². The van der Waals surface area contributed by atoms with Gasteiger partial charge in [-0.3, -0.25) is 9.69 Å². The molecule has 0 radical (unpaired) electrons. The molecule has 0 unspecified atom stereocenters. The summed E-state index contributed by atoms with van der Waals surface area (Å²) in [7, 11) is 0. The zero-order chi connectivity index (χ0) is 18.6. The highest BCUT2D eigenvalue weighted by molar-refractivity contribution is 5.77. The SMILES string of the molecule is N#Cc1ccccc1CN1CCN(C(=O)C[C@@H]2CCc3ccccc32)CC1. The summed E-state index contributed by atoms with van der Waals surface area (Å²) >= 11 is 0. The minimum absolute atomic E-state index is 0.286. The number of benzene rings is 2. The van der Waals surface area contributed by atoms with Crippen molar-refractivity contribution in [3.05, 3.63) is 70.8 Å². The molecule has 0 bridgehead atoms. The van der Waals surface area contributed by atoms with Crippen molar-refractivity contribution >= 4 is 5.91 Å². The maximum absolute atomic E-state index is 12.8. The van der Waals surface area contributed by atoms with Gasteiger partial charge in [-0.25, -0.2) is 0 Å². The van der Waals surface area contributed by atoms with Crippen molar-refractivity contribution < 1.29 is 4.79 Å². The molecule has 27 heavy (non-hydrogen) atoms. The molecule has 1 fully saturated rings. The molecule has 1 saturated heterocycles. The van der Waals surface area contributed by atoms with Crippen molar-refractivity contribution in [3.8, 4) is 6.07 Å². The lowest BCUT2D eigenvalue weighted by atomic mass is 9.97. The van der Waals surface area contributed by atoms with Crippen LogP contribution in [0.3, 0.4) is 0 Å². The van der Waals surface area contributed by atoms with E-state index in [0.29, 0.717) is 12.3 Å². The van der Waals surface area contributed by atoms with Gasteiger partial charge >= 0.3 is 0 Å². The Balaban J connectivity index is 1.30. The third kappa shape index (κ3) is 3.89. The molecule has 1 aliphatic carbocycles. The van der Waals surface area contributed by atoms with E-state index in [0.717, 1.165) is 56.7 Å². The average Bonchev–Trinajstić information content (AvgIpc) is 3.12. The Morgan fingerprint density at radius 1 is 1.04 bits per heavy atom. The summed E-state index contributed by atoms with van der Waals surface area (Å²) in [5.74, 6) is 0.669. The van der Waals surface area contributed by atoms with Gasteiger partial charge in [0.2, 0.25) is 5.91 Å². The number of aryl methyl sites for hydroxylation is 1. The van der Waals surface area contributed by atoms with Gasteiger partial charge in [-0.2, -0.15) is 5.26 Å². The van der Waals surface area contributed by atoms with Crippen LogP contribution in [0.1, 0.15) is 41.0 Å². The molecule has 2 aromatic rings. The largest absolute Gasteiger partial charge is 0.340 e. The molecule has 2 aromatic carbocycles. The minimum atomic E-state index is 0.286. The van der Waals surface area contributed by atoms with Crippen LogP contribution in [0.2, 0.25) is 0 Å². The molecule has 138 valence electrons. The van der Waals surface area contributed by atoms with Gasteiger partial charge in [-0.05, 0) is 41.5 Å². The van der Waals surface area contributed by atoms with E-state index in [1.54, 1.807) is 0 Å². The Hall–Kier alpha value is -2.64. The number of nitriles is 1. The summed E-state index contributed by atoms with van der Waals surface area (Å²) in [5.41, 5.74) is 4.60. The highest BCUT2D eigenvalue weighted by Gasteiger charge is 2.28. The molecule has 0 spiro atoms. The van der Waals surface area contributed by atoms with E-state index in [4.69, 9.17) is 0 Å². The number of hydrogen-bond acceptors (Lipinski definition) is 3. The second kappa shape index (κ2) is 7.94. The summed E-state index contributed by atoms with van der Waals surface area (Å²) in [5, 5.41) is 9.25. The normalized spacial score (nSPS) is 19.5. The summed E-state index contributed by atoms with van der Waals surface area (Å²) < 4.78 is 0. The summed E-state index contributed by atoms with van der Waals surface area (Å²) in [6.45, 7) is 4.07. The van der Waals surface area contributed by atoms with Gasteiger partial charge in [0, 0.05) is 39.1 Å². The Morgan fingerprint density at radius 2 is 1.78 bits per heavy atom. The predicted molar refractivity (Wildman–Crippen MR) is 105 cm³/mol. The highest BCUT2D eigenvalue weighted by atomic mass is 16.2. The van der Waals surface area contributed by atoms with Crippen molar-refractivity contribution in [1.82, 2.24) is 9.80 Å². The molecule has 2 aliphatic rings. The van der Waals surface area contributed by atoms with Crippen molar-refractivity contribution in [2.24, 2.45) is 0 Å². The molecule has 0 saturated carbocycles. The standard InChI is InChI=1S/C23H25N3O/c24-16-20-6-1-2-7-21(20)17-25-11-13-26(14-12-25)23(27)15-19-10-9-18-5-3-4-8-22(18)19/h1-8,19H,9-15,17H2/t19-/m0/s1. The molecule has 4 rings (SSSR count). The van der Waals surface area contributed by atoms with Crippen LogP contribution in [0.15, 0.2) is 48.5 Å². The molecule has 0 aromatic heterocycles. The van der Waals surface area contributed by atoms with Crippen LogP contribution in [0, 0.1) is 11.3 Å². The van der Waals surface area contributed by atoms with E-state index in [-0.39, 0.29) is 5.91 Å². The van der Waals surface area contributed by atoms with Crippen molar-refractivity contribution in [3.63, 3.8) is 0 Å². The lowest BCUT2D eigenvalue weighted by Crippen LogP contribution is -2.48. The van der Waals surface area contributed by atoms with E-state index in [1.165, 1.54) is 11.1 Å². The lowest BCUT2D eigenvalue weighted by Gasteiger charge is -2.35. The zero-order valence-electron chi connectivity index (χ0n) is 15.6. The molecule has 1 atom stereocenters. The molecule has 4 heteroatoms. The minimum Gasteiger partial charge on any atom is -0.340 e. The first-order valence-corrected chi connectivity index (χ1v) is 9.80. The lowest BCUT2D eigenvalue weighted by molar-refractivity contribution is -0.133.